The van der Waals surface area contributed by atoms with Gasteiger partial charge in [-0.3, -0.25) is 0 Å². The fraction of sp³-hybridized carbons (Fsp3) is 0.200. The zero-order chi connectivity index (χ0) is 8.55. The van der Waals surface area contributed by atoms with Gasteiger partial charge in [0.25, 0.3) is 0 Å². The molecule has 0 unspecified atom stereocenters. The summed E-state index contributed by atoms with van der Waals surface area (Å²) in [7, 11) is 0. The summed E-state index contributed by atoms with van der Waals surface area (Å²) in [6.45, 7) is 4.34. The maximum Gasteiger partial charge on any atom is 0.0382 e. The van der Waals surface area contributed by atoms with Gasteiger partial charge in [-0.2, -0.15) is 11.3 Å². The van der Waals surface area contributed by atoms with Crippen LogP contribution in [0.2, 0.25) is 0 Å². The van der Waals surface area contributed by atoms with Gasteiger partial charge in [-0.25, -0.2) is 0 Å². The molecule has 0 bridgehead atoms. The van der Waals surface area contributed by atoms with E-state index in [1.54, 1.807) is 11.3 Å². The third-order valence-electron chi connectivity index (χ3n) is 1.96. The zero-order valence-corrected chi connectivity index (χ0v) is 8.76. The van der Waals surface area contributed by atoms with Gasteiger partial charge in [0.1, 0.15) is 0 Å². The van der Waals surface area contributed by atoms with Gasteiger partial charge in [-0.05, 0) is 47.2 Å². The molecular formula is C10H10S2. The fourth-order valence-corrected chi connectivity index (χ4v) is 3.16. The van der Waals surface area contributed by atoms with Gasteiger partial charge in [0.2, 0.25) is 0 Å². The third kappa shape index (κ3) is 1.21. The van der Waals surface area contributed by atoms with Crippen LogP contribution in [0.5, 0.6) is 0 Å². The predicted molar refractivity (Wildman–Crippen MR) is 57.1 cm³/mol. The van der Waals surface area contributed by atoms with Gasteiger partial charge in [0.05, 0.1) is 0 Å². The number of hydrogen-bond donors (Lipinski definition) is 0. The van der Waals surface area contributed by atoms with E-state index in [1.807, 2.05) is 11.3 Å². The van der Waals surface area contributed by atoms with Crippen LogP contribution in [0, 0.1) is 13.8 Å². The first-order valence-electron chi connectivity index (χ1n) is 3.86. The minimum atomic E-state index is 1.39. The van der Waals surface area contributed by atoms with Crippen molar-refractivity contribution >= 4 is 22.7 Å². The first-order valence-corrected chi connectivity index (χ1v) is 5.68. The Bertz CT molecular complexity index is 344. The largest absolute Gasteiger partial charge is 0.151 e. The van der Waals surface area contributed by atoms with E-state index in [-0.39, 0.29) is 0 Å². The van der Waals surface area contributed by atoms with Crippen LogP contribution < -0.4 is 0 Å². The molecule has 0 saturated carbocycles. The number of hydrogen-bond acceptors (Lipinski definition) is 2. The summed E-state index contributed by atoms with van der Waals surface area (Å²) in [5, 5.41) is 6.59. The monoisotopic (exact) mass is 194 g/mol. The van der Waals surface area contributed by atoms with E-state index in [2.05, 4.69) is 36.1 Å². The zero-order valence-electron chi connectivity index (χ0n) is 7.13. The Kier molecular flexibility index (Phi) is 2.03. The average Bonchev–Trinajstić information content (AvgIpc) is 2.59. The van der Waals surface area contributed by atoms with Crippen LogP contribution >= 0.6 is 22.7 Å². The van der Waals surface area contributed by atoms with Crippen LogP contribution in [-0.4, -0.2) is 0 Å². The molecule has 2 aromatic heterocycles. The Labute approximate surface area is 80.5 Å². The topological polar surface area (TPSA) is 0 Å². The summed E-state index contributed by atoms with van der Waals surface area (Å²) in [5.74, 6) is 0. The van der Waals surface area contributed by atoms with Crippen molar-refractivity contribution in [3.8, 4) is 10.4 Å². The van der Waals surface area contributed by atoms with Crippen molar-refractivity contribution in [3.63, 3.8) is 0 Å². The minimum Gasteiger partial charge on any atom is -0.151 e. The van der Waals surface area contributed by atoms with Gasteiger partial charge < -0.3 is 0 Å². The van der Waals surface area contributed by atoms with Crippen LogP contribution in [-0.2, 0) is 0 Å². The normalized spacial score (nSPS) is 10.5. The van der Waals surface area contributed by atoms with E-state index in [1.165, 1.54) is 21.6 Å². The van der Waals surface area contributed by atoms with E-state index < -0.39 is 0 Å². The highest BCUT2D eigenvalue weighted by molar-refractivity contribution is 7.14. The summed E-state index contributed by atoms with van der Waals surface area (Å²) in [6.07, 6.45) is 0. The molecule has 0 aliphatic heterocycles. The molecule has 2 rings (SSSR count). The second-order valence-electron chi connectivity index (χ2n) is 2.90. The molecule has 0 radical (unpaired) electrons. The molecule has 0 aliphatic carbocycles. The molecule has 0 amide bonds. The second kappa shape index (κ2) is 3.04. The molecule has 0 spiro atoms. The first kappa shape index (κ1) is 8.02. The SMILES string of the molecule is Cc1cscc1-c1sccc1C. The van der Waals surface area contributed by atoms with Crippen LogP contribution in [0.1, 0.15) is 11.1 Å². The Morgan fingerprint density at radius 3 is 2.42 bits per heavy atom. The molecule has 2 aromatic rings. The van der Waals surface area contributed by atoms with Gasteiger partial charge in [0.15, 0.2) is 0 Å². The first-order chi connectivity index (χ1) is 5.79. The van der Waals surface area contributed by atoms with E-state index in [9.17, 15) is 0 Å². The summed E-state index contributed by atoms with van der Waals surface area (Å²) < 4.78 is 0. The Morgan fingerprint density at radius 2 is 1.92 bits per heavy atom. The van der Waals surface area contributed by atoms with E-state index >= 15 is 0 Å². The highest BCUT2D eigenvalue weighted by atomic mass is 32.1. The van der Waals surface area contributed by atoms with Crippen molar-refractivity contribution < 1.29 is 0 Å². The number of thiophene rings is 2. The standard InChI is InChI=1S/C10H10S2/c1-7-3-4-12-10(7)9-6-11-5-8(9)2/h3-6H,1-2H3. The van der Waals surface area contributed by atoms with Crippen molar-refractivity contribution in [2.24, 2.45) is 0 Å². The lowest BCUT2D eigenvalue weighted by atomic mass is 10.1. The fourth-order valence-electron chi connectivity index (χ4n) is 1.24. The quantitative estimate of drug-likeness (QED) is 0.641. The lowest BCUT2D eigenvalue weighted by Gasteiger charge is -1.96. The number of rotatable bonds is 1. The average molecular weight is 194 g/mol. The molecule has 2 heteroatoms. The lowest BCUT2D eigenvalue weighted by molar-refractivity contribution is 1.50. The molecule has 0 atom stereocenters. The van der Waals surface area contributed by atoms with Crippen molar-refractivity contribution in [2.75, 3.05) is 0 Å². The summed E-state index contributed by atoms with van der Waals surface area (Å²) in [6, 6.07) is 2.18. The molecule has 62 valence electrons. The maximum atomic E-state index is 2.23. The summed E-state index contributed by atoms with van der Waals surface area (Å²) >= 11 is 3.61. The van der Waals surface area contributed by atoms with Crippen LogP contribution in [0.15, 0.2) is 22.2 Å². The lowest BCUT2D eigenvalue weighted by Crippen LogP contribution is -1.73. The molecule has 0 fully saturated rings. The molecule has 12 heavy (non-hydrogen) atoms. The highest BCUT2D eigenvalue weighted by Gasteiger charge is 2.06. The molecule has 2 heterocycles. The van der Waals surface area contributed by atoms with Crippen molar-refractivity contribution in [3.05, 3.63) is 33.3 Å². The van der Waals surface area contributed by atoms with E-state index in [0.717, 1.165) is 0 Å². The van der Waals surface area contributed by atoms with Crippen molar-refractivity contribution in [1.82, 2.24) is 0 Å². The Morgan fingerprint density at radius 1 is 1.08 bits per heavy atom. The smallest absolute Gasteiger partial charge is 0.0382 e. The minimum absolute atomic E-state index is 1.39. The molecule has 0 saturated heterocycles. The highest BCUT2D eigenvalue weighted by Crippen LogP contribution is 2.33. The summed E-state index contributed by atoms with van der Waals surface area (Å²) in [5.41, 5.74) is 4.19. The van der Waals surface area contributed by atoms with Crippen molar-refractivity contribution in [2.45, 2.75) is 13.8 Å². The summed E-state index contributed by atoms with van der Waals surface area (Å²) in [4.78, 5) is 1.42. The van der Waals surface area contributed by atoms with Gasteiger partial charge >= 0.3 is 0 Å². The second-order valence-corrected chi connectivity index (χ2v) is 4.56. The third-order valence-corrected chi connectivity index (χ3v) is 3.87. The molecular weight excluding hydrogens is 184 g/mol. The van der Waals surface area contributed by atoms with Crippen LogP contribution in [0.4, 0.5) is 0 Å². The molecule has 0 nitrogen and oxygen atoms in total. The Balaban J connectivity index is 2.57. The molecule has 0 aliphatic rings. The number of aryl methyl sites for hydroxylation is 2. The van der Waals surface area contributed by atoms with Gasteiger partial charge in [-0.15, -0.1) is 11.3 Å². The molecule has 0 N–H and O–H groups in total. The Hall–Kier alpha value is -0.600. The van der Waals surface area contributed by atoms with Crippen LogP contribution in [0.25, 0.3) is 10.4 Å². The predicted octanol–water partition coefficient (Wildman–Crippen LogP) is 4.09. The maximum absolute atomic E-state index is 2.23. The molecule has 0 aromatic carbocycles. The van der Waals surface area contributed by atoms with E-state index in [4.69, 9.17) is 0 Å². The van der Waals surface area contributed by atoms with Crippen LogP contribution in [0.3, 0.4) is 0 Å². The van der Waals surface area contributed by atoms with Gasteiger partial charge in [-0.1, -0.05) is 0 Å². The van der Waals surface area contributed by atoms with Gasteiger partial charge in [0, 0.05) is 10.4 Å². The van der Waals surface area contributed by atoms with Crippen molar-refractivity contribution in [1.29, 1.82) is 0 Å². The van der Waals surface area contributed by atoms with E-state index in [0.29, 0.717) is 0 Å².